The van der Waals surface area contributed by atoms with E-state index in [1.165, 1.54) is 0 Å². The topological polar surface area (TPSA) is 53.1 Å². The molecule has 0 radical (unpaired) electrons. The van der Waals surface area contributed by atoms with Crippen LogP contribution in [0.3, 0.4) is 0 Å². The second kappa shape index (κ2) is 2.70. The van der Waals surface area contributed by atoms with Crippen molar-refractivity contribution in [3.8, 4) is 0 Å². The van der Waals surface area contributed by atoms with Gasteiger partial charge in [0.15, 0.2) is 5.95 Å². The average Bonchev–Trinajstić information content (AvgIpc) is 2.14. The molecule has 0 aromatic carbocycles. The largest absolute Gasteiger partial charge is 0.378 e. The fourth-order valence-corrected chi connectivity index (χ4v) is 0.762. The maximum Gasteiger partial charge on any atom is 0.200 e. The lowest BCUT2D eigenvalue weighted by Gasteiger charge is -1.88. The molecule has 0 aliphatic rings. The average molecular weight is 141 g/mol. The zero-order valence-electron chi connectivity index (χ0n) is 6.16. The molecule has 0 amide bonds. The fourth-order valence-electron chi connectivity index (χ4n) is 0.762. The van der Waals surface area contributed by atoms with Crippen LogP contribution in [0.1, 0.15) is 5.69 Å². The van der Waals surface area contributed by atoms with E-state index in [1.807, 2.05) is 13.2 Å². The molecular formula is C6H11N3O. The van der Waals surface area contributed by atoms with Crippen LogP contribution in [0.2, 0.25) is 0 Å². The number of hydrogen-bond donors (Lipinski definition) is 1. The van der Waals surface area contributed by atoms with Gasteiger partial charge in [0.1, 0.15) is 0 Å². The minimum absolute atomic E-state index is 0.519. The summed E-state index contributed by atoms with van der Waals surface area (Å²) < 4.78 is 6.62. The second-order valence-electron chi connectivity index (χ2n) is 2.13. The van der Waals surface area contributed by atoms with E-state index in [0.717, 1.165) is 5.69 Å². The molecule has 0 aliphatic carbocycles. The first-order valence-electron chi connectivity index (χ1n) is 3.00. The van der Waals surface area contributed by atoms with E-state index in [2.05, 4.69) is 4.98 Å². The highest BCUT2D eigenvalue weighted by molar-refractivity contribution is 5.20. The van der Waals surface area contributed by atoms with Crippen molar-refractivity contribution in [3.05, 3.63) is 11.9 Å². The van der Waals surface area contributed by atoms with Crippen LogP contribution >= 0.6 is 0 Å². The first-order valence-corrected chi connectivity index (χ1v) is 3.00. The molecule has 4 nitrogen and oxygen atoms in total. The molecule has 0 unspecified atom stereocenters. The molecule has 0 saturated carbocycles. The lowest BCUT2D eigenvalue weighted by molar-refractivity contribution is 0.182. The molecule has 0 fully saturated rings. The molecule has 0 spiro atoms. The first kappa shape index (κ1) is 7.08. The predicted octanol–water partition coefficient (Wildman–Crippen LogP) is 0.149. The van der Waals surface area contributed by atoms with Crippen molar-refractivity contribution < 1.29 is 4.74 Å². The molecule has 2 N–H and O–H groups in total. The SMILES string of the molecule is COCc1cn(C)c(N)n1. The molecule has 1 heterocycles. The summed E-state index contributed by atoms with van der Waals surface area (Å²) >= 11 is 0. The van der Waals surface area contributed by atoms with Gasteiger partial charge in [-0.2, -0.15) is 0 Å². The number of rotatable bonds is 2. The summed E-state index contributed by atoms with van der Waals surface area (Å²) in [5.41, 5.74) is 6.33. The maximum atomic E-state index is 5.47. The Hall–Kier alpha value is -1.03. The highest BCUT2D eigenvalue weighted by Crippen LogP contribution is 2.02. The Morgan fingerprint density at radius 3 is 2.90 bits per heavy atom. The number of imidazole rings is 1. The number of anilines is 1. The van der Waals surface area contributed by atoms with E-state index in [0.29, 0.717) is 12.6 Å². The summed E-state index contributed by atoms with van der Waals surface area (Å²) in [6, 6.07) is 0. The van der Waals surface area contributed by atoms with Crippen molar-refractivity contribution in [2.45, 2.75) is 6.61 Å². The molecule has 56 valence electrons. The summed E-state index contributed by atoms with van der Waals surface area (Å²) in [5.74, 6) is 0.520. The van der Waals surface area contributed by atoms with Crippen molar-refractivity contribution in [2.75, 3.05) is 12.8 Å². The smallest absolute Gasteiger partial charge is 0.200 e. The molecule has 0 saturated heterocycles. The van der Waals surface area contributed by atoms with Gasteiger partial charge in [-0.25, -0.2) is 4.98 Å². The normalized spacial score (nSPS) is 10.2. The number of aromatic nitrogens is 2. The number of nitrogens with two attached hydrogens (primary N) is 1. The third-order valence-electron chi connectivity index (χ3n) is 1.25. The van der Waals surface area contributed by atoms with Crippen LogP contribution in [-0.2, 0) is 18.4 Å². The quantitative estimate of drug-likeness (QED) is 0.637. The minimum Gasteiger partial charge on any atom is -0.378 e. The summed E-state index contributed by atoms with van der Waals surface area (Å²) in [4.78, 5) is 4.02. The van der Waals surface area contributed by atoms with Crippen LogP contribution in [-0.4, -0.2) is 16.7 Å². The van der Waals surface area contributed by atoms with Crippen LogP contribution in [0, 0.1) is 0 Å². The Bertz CT molecular complexity index is 199. The van der Waals surface area contributed by atoms with E-state index < -0.39 is 0 Å². The van der Waals surface area contributed by atoms with Gasteiger partial charge in [0.2, 0.25) is 0 Å². The summed E-state index contributed by atoms with van der Waals surface area (Å²) in [5, 5.41) is 0. The molecule has 10 heavy (non-hydrogen) atoms. The number of nitrogen functional groups attached to an aromatic ring is 1. The zero-order valence-corrected chi connectivity index (χ0v) is 6.16. The van der Waals surface area contributed by atoms with Crippen LogP contribution in [0.15, 0.2) is 6.20 Å². The fraction of sp³-hybridized carbons (Fsp3) is 0.500. The summed E-state index contributed by atoms with van der Waals surface area (Å²) in [7, 11) is 3.48. The number of methoxy groups -OCH3 is 1. The van der Waals surface area contributed by atoms with Gasteiger partial charge in [-0.15, -0.1) is 0 Å². The molecule has 0 atom stereocenters. The van der Waals surface area contributed by atoms with E-state index in [-0.39, 0.29) is 0 Å². The third-order valence-corrected chi connectivity index (χ3v) is 1.25. The number of hydrogen-bond acceptors (Lipinski definition) is 3. The molecule has 1 aromatic rings. The van der Waals surface area contributed by atoms with E-state index in [1.54, 1.807) is 11.7 Å². The number of nitrogens with zero attached hydrogens (tertiary/aromatic N) is 2. The van der Waals surface area contributed by atoms with Crippen LogP contribution in [0.4, 0.5) is 5.95 Å². The number of aryl methyl sites for hydroxylation is 1. The van der Waals surface area contributed by atoms with E-state index in [9.17, 15) is 0 Å². The maximum absolute atomic E-state index is 5.47. The highest BCUT2D eigenvalue weighted by atomic mass is 16.5. The van der Waals surface area contributed by atoms with Gasteiger partial charge in [0.25, 0.3) is 0 Å². The van der Waals surface area contributed by atoms with Gasteiger partial charge in [0.05, 0.1) is 12.3 Å². The lowest BCUT2D eigenvalue weighted by atomic mass is 10.5. The Kier molecular flexibility index (Phi) is 1.91. The van der Waals surface area contributed by atoms with Gasteiger partial charge in [-0.3, -0.25) is 0 Å². The lowest BCUT2D eigenvalue weighted by Crippen LogP contribution is -1.94. The Balaban J connectivity index is 2.77. The van der Waals surface area contributed by atoms with Crippen LogP contribution in [0.5, 0.6) is 0 Å². The van der Waals surface area contributed by atoms with Crippen LogP contribution < -0.4 is 5.73 Å². The van der Waals surface area contributed by atoms with Gasteiger partial charge in [0, 0.05) is 20.4 Å². The van der Waals surface area contributed by atoms with Gasteiger partial charge in [-0.05, 0) is 0 Å². The minimum atomic E-state index is 0.519. The Morgan fingerprint density at radius 1 is 1.80 bits per heavy atom. The standard InChI is InChI=1S/C6H11N3O/c1-9-3-5(4-10-2)8-6(9)7/h3H,4H2,1-2H3,(H2,7,8). The van der Waals surface area contributed by atoms with E-state index in [4.69, 9.17) is 10.5 Å². The summed E-state index contributed by atoms with van der Waals surface area (Å²) in [6.45, 7) is 0.519. The molecule has 0 aliphatic heterocycles. The second-order valence-corrected chi connectivity index (χ2v) is 2.13. The van der Waals surface area contributed by atoms with Gasteiger partial charge < -0.3 is 15.0 Å². The Morgan fingerprint density at radius 2 is 2.50 bits per heavy atom. The zero-order chi connectivity index (χ0) is 7.56. The van der Waals surface area contributed by atoms with Crippen molar-refractivity contribution in [1.82, 2.24) is 9.55 Å². The van der Waals surface area contributed by atoms with E-state index >= 15 is 0 Å². The van der Waals surface area contributed by atoms with Gasteiger partial charge >= 0.3 is 0 Å². The Labute approximate surface area is 59.6 Å². The van der Waals surface area contributed by atoms with Crippen molar-refractivity contribution in [2.24, 2.45) is 7.05 Å². The van der Waals surface area contributed by atoms with Crippen LogP contribution in [0.25, 0.3) is 0 Å². The number of ether oxygens (including phenoxy) is 1. The first-order chi connectivity index (χ1) is 4.74. The van der Waals surface area contributed by atoms with Crippen molar-refractivity contribution in [1.29, 1.82) is 0 Å². The monoisotopic (exact) mass is 141 g/mol. The highest BCUT2D eigenvalue weighted by Gasteiger charge is 1.98. The van der Waals surface area contributed by atoms with Gasteiger partial charge in [-0.1, -0.05) is 0 Å². The molecule has 0 bridgehead atoms. The molecule has 1 rings (SSSR count). The summed E-state index contributed by atoms with van der Waals surface area (Å²) in [6.07, 6.45) is 1.85. The third kappa shape index (κ3) is 1.27. The predicted molar refractivity (Wildman–Crippen MR) is 38.3 cm³/mol. The van der Waals surface area contributed by atoms with Crippen molar-refractivity contribution >= 4 is 5.95 Å². The molecule has 1 aromatic heterocycles. The molecular weight excluding hydrogens is 130 g/mol. The molecule has 4 heteroatoms. The van der Waals surface area contributed by atoms with Crippen molar-refractivity contribution in [3.63, 3.8) is 0 Å².